The number of aryl methyl sites for hydroxylation is 1. The number of carbonyl (C=O) groups excluding carboxylic acids is 1. The number of anilines is 2. The number of hydrogen-bond donors (Lipinski definition) is 1. The van der Waals surface area contributed by atoms with E-state index in [1.165, 1.54) is 5.01 Å². The van der Waals surface area contributed by atoms with Crippen LogP contribution in [-0.2, 0) is 4.79 Å². The fourth-order valence-corrected chi connectivity index (χ4v) is 4.50. The van der Waals surface area contributed by atoms with Gasteiger partial charge in [0.2, 0.25) is 0 Å². The van der Waals surface area contributed by atoms with E-state index in [-0.39, 0.29) is 22.9 Å². The number of para-hydroxylation sites is 1. The van der Waals surface area contributed by atoms with Crippen molar-refractivity contribution in [2.24, 2.45) is 5.10 Å². The number of pyridine rings is 1. The minimum Gasteiger partial charge on any atom is -0.383 e. The van der Waals surface area contributed by atoms with E-state index in [0.717, 1.165) is 17.3 Å². The summed E-state index contributed by atoms with van der Waals surface area (Å²) in [4.78, 5) is 17.4. The van der Waals surface area contributed by atoms with Gasteiger partial charge in [-0.2, -0.15) is 20.6 Å². The van der Waals surface area contributed by atoms with Crippen molar-refractivity contribution >= 4 is 34.9 Å². The number of rotatable bonds is 4. The summed E-state index contributed by atoms with van der Waals surface area (Å²) < 4.78 is 0. The van der Waals surface area contributed by atoms with Crippen molar-refractivity contribution in [3.8, 4) is 23.3 Å². The smallest absolute Gasteiger partial charge is 0.266 e. The van der Waals surface area contributed by atoms with E-state index in [2.05, 4.69) is 22.2 Å². The van der Waals surface area contributed by atoms with Crippen molar-refractivity contribution in [3.63, 3.8) is 0 Å². The maximum Gasteiger partial charge on any atom is 0.266 e. The number of benzene rings is 2. The number of aromatic nitrogens is 1. The van der Waals surface area contributed by atoms with Crippen LogP contribution < -0.4 is 10.7 Å². The number of hydrazone groups is 1. The molecule has 2 N–H and O–H groups in total. The van der Waals surface area contributed by atoms with Crippen LogP contribution in [0.1, 0.15) is 23.6 Å². The maximum absolute atomic E-state index is 13.1. The number of thioether (sulfide) groups is 1. The van der Waals surface area contributed by atoms with E-state index in [0.29, 0.717) is 27.6 Å². The van der Waals surface area contributed by atoms with Crippen LogP contribution >= 0.6 is 11.8 Å². The number of amides is 1. The molecule has 1 amide bonds. The van der Waals surface area contributed by atoms with Gasteiger partial charge in [0.25, 0.3) is 5.91 Å². The maximum atomic E-state index is 13.1. The quantitative estimate of drug-likeness (QED) is 0.650. The fraction of sp³-hybridized carbons (Fsp3) is 0.125. The molecule has 1 aromatic heterocycles. The molecule has 8 heteroatoms. The van der Waals surface area contributed by atoms with Crippen LogP contribution in [-0.4, -0.2) is 21.9 Å². The standard InChI is InChI=1S/C24H18N6OS/c1-14-8-10-16(11-9-14)20-18(12-25)22(27)28-23(19(20)13-26)32-21-15(2)29-30(24(21)31)17-6-4-3-5-7-17/h3-11,21H,1-2H3,(H2,27,28)/t21-/m1/s1. The summed E-state index contributed by atoms with van der Waals surface area (Å²) in [5.74, 6) is -0.214. The van der Waals surface area contributed by atoms with Crippen LogP contribution in [0.3, 0.4) is 0 Å². The zero-order valence-corrected chi connectivity index (χ0v) is 18.2. The molecule has 0 saturated carbocycles. The summed E-state index contributed by atoms with van der Waals surface area (Å²) in [7, 11) is 0. The van der Waals surface area contributed by atoms with Crippen molar-refractivity contribution < 1.29 is 4.79 Å². The Labute approximate surface area is 189 Å². The molecule has 156 valence electrons. The van der Waals surface area contributed by atoms with Gasteiger partial charge in [0, 0.05) is 5.56 Å². The molecule has 0 aliphatic carbocycles. The van der Waals surface area contributed by atoms with E-state index < -0.39 is 5.25 Å². The Hall–Kier alpha value is -4.14. The molecule has 32 heavy (non-hydrogen) atoms. The first-order valence-corrected chi connectivity index (χ1v) is 10.6. The van der Waals surface area contributed by atoms with Crippen LogP contribution in [0.4, 0.5) is 11.5 Å². The molecule has 2 heterocycles. The Morgan fingerprint density at radius 3 is 2.28 bits per heavy atom. The summed E-state index contributed by atoms with van der Waals surface area (Å²) in [5.41, 5.74) is 9.87. The predicted molar refractivity (Wildman–Crippen MR) is 125 cm³/mol. The first-order valence-electron chi connectivity index (χ1n) is 9.76. The summed E-state index contributed by atoms with van der Waals surface area (Å²) in [6.45, 7) is 3.72. The second-order valence-corrected chi connectivity index (χ2v) is 8.34. The van der Waals surface area contributed by atoms with E-state index in [1.54, 1.807) is 19.1 Å². The minimum absolute atomic E-state index is 0.0181. The van der Waals surface area contributed by atoms with Crippen molar-refractivity contribution in [3.05, 3.63) is 71.3 Å². The Bertz CT molecular complexity index is 1320. The third-order valence-electron chi connectivity index (χ3n) is 5.06. The van der Waals surface area contributed by atoms with Gasteiger partial charge in [-0.05, 0) is 31.5 Å². The average Bonchev–Trinajstić information content (AvgIpc) is 3.08. The lowest BCUT2D eigenvalue weighted by atomic mass is 9.96. The zero-order chi connectivity index (χ0) is 22.8. The largest absolute Gasteiger partial charge is 0.383 e. The van der Waals surface area contributed by atoms with Crippen molar-refractivity contribution in [2.75, 3.05) is 10.7 Å². The predicted octanol–water partition coefficient (Wildman–Crippen LogP) is 4.27. The Kier molecular flexibility index (Phi) is 5.63. The lowest BCUT2D eigenvalue weighted by molar-refractivity contribution is -0.116. The van der Waals surface area contributed by atoms with E-state index in [9.17, 15) is 15.3 Å². The molecule has 0 fully saturated rings. The van der Waals surface area contributed by atoms with E-state index in [4.69, 9.17) is 5.73 Å². The van der Waals surface area contributed by atoms with Gasteiger partial charge in [0.1, 0.15) is 33.8 Å². The Balaban J connectivity index is 1.78. The van der Waals surface area contributed by atoms with Crippen LogP contribution in [0.5, 0.6) is 0 Å². The van der Waals surface area contributed by atoms with E-state index in [1.807, 2.05) is 49.4 Å². The van der Waals surface area contributed by atoms with Gasteiger partial charge in [-0.1, -0.05) is 59.8 Å². The molecule has 1 atom stereocenters. The number of nitriles is 2. The highest BCUT2D eigenvalue weighted by atomic mass is 32.2. The van der Waals surface area contributed by atoms with Gasteiger partial charge < -0.3 is 5.73 Å². The summed E-state index contributed by atoms with van der Waals surface area (Å²) in [5, 5.41) is 25.1. The molecule has 2 aromatic carbocycles. The monoisotopic (exact) mass is 438 g/mol. The van der Waals surface area contributed by atoms with Gasteiger partial charge in [-0.25, -0.2) is 4.98 Å². The number of hydrogen-bond acceptors (Lipinski definition) is 7. The third-order valence-corrected chi connectivity index (χ3v) is 6.35. The molecule has 4 rings (SSSR count). The summed E-state index contributed by atoms with van der Waals surface area (Å²) >= 11 is 1.12. The van der Waals surface area contributed by atoms with Gasteiger partial charge in [-0.3, -0.25) is 4.79 Å². The topological polar surface area (TPSA) is 119 Å². The molecule has 1 aliphatic rings. The van der Waals surface area contributed by atoms with Gasteiger partial charge in [0.15, 0.2) is 0 Å². The molecule has 1 aliphatic heterocycles. The second-order valence-electron chi connectivity index (χ2n) is 7.24. The fourth-order valence-electron chi connectivity index (χ4n) is 3.44. The lowest BCUT2D eigenvalue weighted by Gasteiger charge is -2.16. The minimum atomic E-state index is -0.659. The van der Waals surface area contributed by atoms with Crippen molar-refractivity contribution in [2.45, 2.75) is 24.1 Å². The summed E-state index contributed by atoms with van der Waals surface area (Å²) in [6.07, 6.45) is 0. The molecule has 0 saturated heterocycles. The second kappa shape index (κ2) is 8.54. The molecule has 0 spiro atoms. The van der Waals surface area contributed by atoms with Crippen molar-refractivity contribution in [1.29, 1.82) is 10.5 Å². The Morgan fingerprint density at radius 1 is 1.00 bits per heavy atom. The Morgan fingerprint density at radius 2 is 1.66 bits per heavy atom. The first kappa shape index (κ1) is 21.1. The molecule has 3 aromatic rings. The number of nitrogens with zero attached hydrogens (tertiary/aromatic N) is 5. The molecule has 0 radical (unpaired) electrons. The molecule has 0 unspecified atom stereocenters. The highest BCUT2D eigenvalue weighted by Crippen LogP contribution is 2.39. The number of nitrogen functional groups attached to an aromatic ring is 1. The molecule has 7 nitrogen and oxygen atoms in total. The van der Waals surface area contributed by atoms with Crippen LogP contribution in [0.15, 0.2) is 64.7 Å². The normalized spacial score (nSPS) is 15.2. The van der Waals surface area contributed by atoms with Gasteiger partial charge in [-0.15, -0.1) is 0 Å². The van der Waals surface area contributed by atoms with Crippen molar-refractivity contribution in [1.82, 2.24) is 4.98 Å². The van der Waals surface area contributed by atoms with Crippen LogP contribution in [0.25, 0.3) is 11.1 Å². The van der Waals surface area contributed by atoms with Gasteiger partial charge in [0.05, 0.1) is 17.0 Å². The number of carbonyl (C=O) groups is 1. The first-order chi connectivity index (χ1) is 15.4. The highest BCUT2D eigenvalue weighted by molar-refractivity contribution is 8.01. The van der Waals surface area contributed by atoms with E-state index >= 15 is 0 Å². The van der Waals surface area contributed by atoms with Crippen LogP contribution in [0.2, 0.25) is 0 Å². The average molecular weight is 439 g/mol. The third kappa shape index (κ3) is 3.68. The molecule has 0 bridgehead atoms. The SMILES string of the molecule is CC1=NN(c2ccccc2)C(=O)[C@@H]1Sc1nc(N)c(C#N)c(-c2ccc(C)cc2)c1C#N. The number of nitrogens with two attached hydrogens (primary N) is 1. The lowest BCUT2D eigenvalue weighted by Crippen LogP contribution is -2.29. The molecular weight excluding hydrogens is 420 g/mol. The highest BCUT2D eigenvalue weighted by Gasteiger charge is 2.36. The zero-order valence-electron chi connectivity index (χ0n) is 17.4. The summed E-state index contributed by atoms with van der Waals surface area (Å²) in [6, 6.07) is 20.8. The molecular formula is C24H18N6OS. The van der Waals surface area contributed by atoms with Gasteiger partial charge >= 0.3 is 0 Å². The van der Waals surface area contributed by atoms with Crippen LogP contribution in [0, 0.1) is 29.6 Å².